The number of hydrogen-bond acceptors (Lipinski definition) is 4. The van der Waals surface area contributed by atoms with Crippen LogP contribution in [0.4, 0.5) is 5.69 Å². The molecule has 0 radical (unpaired) electrons. The second-order valence-corrected chi connectivity index (χ2v) is 4.95. The Morgan fingerprint density at radius 2 is 1.79 bits per heavy atom. The smallest absolute Gasteiger partial charge is 0.244 e. The lowest BCUT2D eigenvalue weighted by Gasteiger charge is -2.24. The number of nitrogens with zero attached hydrogens (tertiary/aromatic N) is 1. The summed E-state index contributed by atoms with van der Waals surface area (Å²) in [7, 11) is 0. The molecule has 1 aliphatic heterocycles. The fraction of sp³-hybridized carbons (Fsp3) is 0.250. The molecule has 0 saturated carbocycles. The Kier molecular flexibility index (Phi) is 4.28. The third kappa shape index (κ3) is 3.62. The molecular weight excluding hydrogens is 314 g/mol. The molecule has 0 spiro atoms. The van der Waals surface area contributed by atoms with Gasteiger partial charge in [-0.1, -0.05) is 15.9 Å². The number of carbonyl (C=O) groups is 3. The van der Waals surface area contributed by atoms with Gasteiger partial charge in [-0.2, -0.15) is 0 Å². The summed E-state index contributed by atoms with van der Waals surface area (Å²) >= 11 is 3.29. The van der Waals surface area contributed by atoms with Crippen molar-refractivity contribution in [1.82, 2.24) is 10.2 Å². The molecule has 1 saturated heterocycles. The first-order valence-corrected chi connectivity index (χ1v) is 6.45. The van der Waals surface area contributed by atoms with Gasteiger partial charge in [0.25, 0.3) is 0 Å². The fourth-order valence-corrected chi connectivity index (χ4v) is 1.92. The molecule has 2 rings (SSSR count). The van der Waals surface area contributed by atoms with Crippen LogP contribution in [0.15, 0.2) is 28.7 Å². The normalized spacial score (nSPS) is 15.5. The fourth-order valence-electron chi connectivity index (χ4n) is 1.66. The van der Waals surface area contributed by atoms with E-state index in [0.29, 0.717) is 5.69 Å². The minimum Gasteiger partial charge on any atom is -0.325 e. The van der Waals surface area contributed by atoms with E-state index >= 15 is 0 Å². The average Bonchev–Trinajstić information content (AvgIpc) is 2.37. The quantitative estimate of drug-likeness (QED) is 0.786. The number of amides is 3. The zero-order chi connectivity index (χ0) is 13.8. The van der Waals surface area contributed by atoms with Gasteiger partial charge in [-0.25, -0.2) is 0 Å². The van der Waals surface area contributed by atoms with Gasteiger partial charge in [0.2, 0.25) is 17.7 Å². The Morgan fingerprint density at radius 1 is 1.21 bits per heavy atom. The van der Waals surface area contributed by atoms with Crippen LogP contribution in [0, 0.1) is 0 Å². The Labute approximate surface area is 118 Å². The molecule has 1 aliphatic rings. The molecule has 7 heteroatoms. The van der Waals surface area contributed by atoms with E-state index in [2.05, 4.69) is 26.6 Å². The monoisotopic (exact) mass is 325 g/mol. The minimum absolute atomic E-state index is 0.0807. The van der Waals surface area contributed by atoms with Gasteiger partial charge >= 0.3 is 0 Å². The van der Waals surface area contributed by atoms with Crippen molar-refractivity contribution in [2.24, 2.45) is 0 Å². The molecule has 1 aromatic rings. The van der Waals surface area contributed by atoms with Gasteiger partial charge in [-0.3, -0.25) is 24.6 Å². The number of rotatable bonds is 3. The average molecular weight is 326 g/mol. The number of hydrogen-bond donors (Lipinski definition) is 2. The topological polar surface area (TPSA) is 78.5 Å². The van der Waals surface area contributed by atoms with Crippen molar-refractivity contribution >= 4 is 39.3 Å². The maximum Gasteiger partial charge on any atom is 0.244 e. The molecule has 3 amide bonds. The van der Waals surface area contributed by atoms with E-state index in [4.69, 9.17) is 0 Å². The van der Waals surface area contributed by atoms with Crippen molar-refractivity contribution in [3.05, 3.63) is 28.7 Å². The third-order valence-electron chi connectivity index (χ3n) is 2.58. The molecule has 2 N–H and O–H groups in total. The molecule has 0 atom stereocenters. The standard InChI is InChI=1S/C12H12BrN3O3/c13-8-1-3-9(4-2-8)15-10(17)7-16-11(18)5-14-6-12(16)19/h1-4,14H,5-7H2,(H,15,17). The Bertz CT molecular complexity index is 499. The van der Waals surface area contributed by atoms with Crippen LogP contribution in [0.25, 0.3) is 0 Å². The minimum atomic E-state index is -0.397. The molecule has 1 fully saturated rings. The SMILES string of the molecule is O=C(CN1C(=O)CNCC1=O)Nc1ccc(Br)cc1. The van der Waals surface area contributed by atoms with Crippen molar-refractivity contribution in [2.75, 3.05) is 25.0 Å². The van der Waals surface area contributed by atoms with Gasteiger partial charge in [0.15, 0.2) is 0 Å². The van der Waals surface area contributed by atoms with E-state index in [1.165, 1.54) is 0 Å². The molecule has 1 heterocycles. The Morgan fingerprint density at radius 3 is 2.37 bits per heavy atom. The van der Waals surface area contributed by atoms with Crippen molar-refractivity contribution < 1.29 is 14.4 Å². The van der Waals surface area contributed by atoms with Crippen LogP contribution in [-0.2, 0) is 14.4 Å². The van der Waals surface area contributed by atoms with E-state index in [1.807, 2.05) is 0 Å². The Balaban J connectivity index is 1.95. The maximum absolute atomic E-state index is 11.8. The molecule has 19 heavy (non-hydrogen) atoms. The molecule has 0 aromatic heterocycles. The van der Waals surface area contributed by atoms with Gasteiger partial charge < -0.3 is 5.32 Å². The third-order valence-corrected chi connectivity index (χ3v) is 3.11. The number of halogens is 1. The Hall–Kier alpha value is -1.73. The van der Waals surface area contributed by atoms with Crippen LogP contribution in [0.3, 0.4) is 0 Å². The van der Waals surface area contributed by atoms with E-state index in [9.17, 15) is 14.4 Å². The highest BCUT2D eigenvalue weighted by Gasteiger charge is 2.27. The highest BCUT2D eigenvalue weighted by atomic mass is 79.9. The highest BCUT2D eigenvalue weighted by molar-refractivity contribution is 9.10. The first-order chi connectivity index (χ1) is 9.06. The summed E-state index contributed by atoms with van der Waals surface area (Å²) in [6.45, 7) is -0.0932. The zero-order valence-corrected chi connectivity index (χ0v) is 11.6. The number of carbonyl (C=O) groups excluding carboxylic acids is 3. The summed E-state index contributed by atoms with van der Waals surface area (Å²) in [5, 5.41) is 5.30. The van der Waals surface area contributed by atoms with E-state index in [1.54, 1.807) is 24.3 Å². The number of piperazine rings is 1. The van der Waals surface area contributed by atoms with Gasteiger partial charge in [0, 0.05) is 10.2 Å². The first-order valence-electron chi connectivity index (χ1n) is 5.65. The van der Waals surface area contributed by atoms with Crippen molar-refractivity contribution in [2.45, 2.75) is 0 Å². The molecular formula is C12H12BrN3O3. The number of imide groups is 1. The van der Waals surface area contributed by atoms with Crippen LogP contribution in [0.2, 0.25) is 0 Å². The molecule has 1 aromatic carbocycles. The summed E-state index contributed by atoms with van der Waals surface area (Å²) in [6.07, 6.45) is 0. The lowest BCUT2D eigenvalue weighted by molar-refractivity contribution is -0.148. The van der Waals surface area contributed by atoms with E-state index in [0.717, 1.165) is 9.37 Å². The van der Waals surface area contributed by atoms with Crippen molar-refractivity contribution in [3.63, 3.8) is 0 Å². The van der Waals surface area contributed by atoms with Crippen LogP contribution >= 0.6 is 15.9 Å². The largest absolute Gasteiger partial charge is 0.325 e. The molecule has 0 bridgehead atoms. The number of benzene rings is 1. The highest BCUT2D eigenvalue weighted by Crippen LogP contribution is 2.14. The number of anilines is 1. The van der Waals surface area contributed by atoms with E-state index in [-0.39, 0.29) is 31.4 Å². The summed E-state index contributed by atoms with van der Waals surface area (Å²) in [6, 6.07) is 7.03. The van der Waals surface area contributed by atoms with Crippen LogP contribution in [0.1, 0.15) is 0 Å². The molecule has 0 unspecified atom stereocenters. The zero-order valence-electron chi connectivity index (χ0n) is 9.98. The van der Waals surface area contributed by atoms with Gasteiger partial charge in [0.05, 0.1) is 13.1 Å². The summed E-state index contributed by atoms with van der Waals surface area (Å²) in [5.41, 5.74) is 0.614. The second-order valence-electron chi connectivity index (χ2n) is 4.03. The second kappa shape index (κ2) is 5.94. The van der Waals surface area contributed by atoms with Crippen molar-refractivity contribution in [3.8, 4) is 0 Å². The van der Waals surface area contributed by atoms with Gasteiger partial charge in [-0.15, -0.1) is 0 Å². The first kappa shape index (κ1) is 13.7. The van der Waals surface area contributed by atoms with Gasteiger partial charge in [-0.05, 0) is 24.3 Å². The molecule has 0 aliphatic carbocycles. The van der Waals surface area contributed by atoms with Crippen LogP contribution < -0.4 is 10.6 Å². The summed E-state index contributed by atoms with van der Waals surface area (Å²) in [5.74, 6) is -1.17. The summed E-state index contributed by atoms with van der Waals surface area (Å²) in [4.78, 5) is 35.7. The lowest BCUT2D eigenvalue weighted by atomic mass is 10.3. The lowest BCUT2D eigenvalue weighted by Crippen LogP contribution is -2.54. The van der Waals surface area contributed by atoms with Crippen LogP contribution in [-0.4, -0.2) is 42.3 Å². The van der Waals surface area contributed by atoms with Crippen LogP contribution in [0.5, 0.6) is 0 Å². The van der Waals surface area contributed by atoms with Crippen molar-refractivity contribution in [1.29, 1.82) is 0 Å². The molecule has 6 nitrogen and oxygen atoms in total. The predicted octanol–water partition coefficient (Wildman–Crippen LogP) is 0.346. The predicted molar refractivity (Wildman–Crippen MR) is 72.4 cm³/mol. The summed E-state index contributed by atoms with van der Waals surface area (Å²) < 4.78 is 0.901. The van der Waals surface area contributed by atoms with Gasteiger partial charge in [0.1, 0.15) is 6.54 Å². The number of nitrogens with one attached hydrogen (secondary N) is 2. The van der Waals surface area contributed by atoms with E-state index < -0.39 is 5.91 Å². The molecule has 100 valence electrons. The maximum atomic E-state index is 11.8.